The Morgan fingerprint density at radius 1 is 0.269 bits per heavy atom. The highest BCUT2D eigenvalue weighted by atomic mass is 16.6. The van der Waals surface area contributed by atoms with Crippen molar-refractivity contribution in [3.63, 3.8) is 0 Å². The third-order valence-corrected chi connectivity index (χ3v) is 13.4. The lowest BCUT2D eigenvalue weighted by Crippen LogP contribution is -2.41. The molecule has 0 aromatic rings. The van der Waals surface area contributed by atoms with E-state index in [-0.39, 0.29) is 12.0 Å². The summed E-state index contributed by atoms with van der Waals surface area (Å²) < 4.78 is 133. The molecule has 556 valence electrons. The van der Waals surface area contributed by atoms with Crippen LogP contribution in [0.2, 0.25) is 0 Å². The summed E-state index contributed by atoms with van der Waals surface area (Å²) in [6, 6.07) is -0.176. The van der Waals surface area contributed by atoms with Crippen molar-refractivity contribution >= 4 is 5.97 Å². The number of esters is 1. The van der Waals surface area contributed by atoms with Crippen molar-refractivity contribution in [2.75, 3.05) is 317 Å². The summed E-state index contributed by atoms with van der Waals surface area (Å²) in [5.74, 6) is -0.145. The SMILES string of the molecule is CCCCCCCCCCCCOCCOCCOCCOCCOCCOCCOCCOCCOCCOCCOCCOCCOCCOCCOCCOCCOCCOCCOCCOCCOCCOCCOCCN1CCCC1C(=O)OC(C)(C)C. The van der Waals surface area contributed by atoms with Gasteiger partial charge in [-0.3, -0.25) is 9.69 Å². The number of ether oxygens (including phenoxy) is 24. The fourth-order valence-electron chi connectivity index (χ4n) is 8.54. The van der Waals surface area contributed by atoms with Crippen LogP contribution in [0.3, 0.4) is 0 Å². The van der Waals surface area contributed by atoms with E-state index >= 15 is 0 Å². The van der Waals surface area contributed by atoms with Crippen molar-refractivity contribution in [1.29, 1.82) is 0 Å². The Labute approximate surface area is 560 Å². The van der Waals surface area contributed by atoms with E-state index in [9.17, 15) is 4.79 Å². The Morgan fingerprint density at radius 2 is 0.452 bits per heavy atom. The largest absolute Gasteiger partial charge is 0.459 e. The average molecular weight is 1350 g/mol. The number of hydrogen-bond acceptors (Lipinski definition) is 26. The molecule has 0 radical (unpaired) electrons. The third-order valence-electron chi connectivity index (χ3n) is 13.4. The standard InChI is InChI=1S/C67H133NO25/c1-5-6-7-8-9-10-11-12-13-14-19-70-21-23-72-25-27-74-29-31-76-33-35-78-37-39-80-41-43-82-45-47-84-49-51-86-53-55-88-57-59-90-61-63-92-64-62-91-60-58-89-56-54-87-52-50-85-48-46-83-44-42-81-40-38-79-36-34-77-32-30-75-28-26-73-24-22-71-20-18-68-17-15-16-65(68)66(69)93-67(2,3)4/h65H,5-64H2,1-4H3. The summed E-state index contributed by atoms with van der Waals surface area (Å²) >= 11 is 0. The molecule has 0 amide bonds. The molecule has 26 nitrogen and oxygen atoms in total. The first-order valence-corrected chi connectivity index (χ1v) is 35.2. The fraction of sp³-hybridized carbons (Fsp3) is 0.985. The number of hydrogen-bond donors (Lipinski definition) is 0. The number of rotatable bonds is 81. The predicted molar refractivity (Wildman–Crippen MR) is 351 cm³/mol. The zero-order valence-electron chi connectivity index (χ0n) is 58.7. The molecule has 1 saturated heterocycles. The van der Waals surface area contributed by atoms with Gasteiger partial charge in [0.2, 0.25) is 0 Å². The van der Waals surface area contributed by atoms with Gasteiger partial charge in [-0.2, -0.15) is 0 Å². The second-order valence-corrected chi connectivity index (χ2v) is 22.5. The highest BCUT2D eigenvalue weighted by Gasteiger charge is 2.33. The monoisotopic (exact) mass is 1350 g/mol. The van der Waals surface area contributed by atoms with Crippen LogP contribution in [0.4, 0.5) is 0 Å². The zero-order chi connectivity index (χ0) is 66.6. The quantitative estimate of drug-likeness (QED) is 0.0494. The Hall–Kier alpha value is -1.49. The molecule has 1 aliphatic heterocycles. The summed E-state index contributed by atoms with van der Waals surface area (Å²) in [6.45, 7) is 32.9. The lowest BCUT2D eigenvalue weighted by atomic mass is 10.1. The van der Waals surface area contributed by atoms with Crippen LogP contribution in [0, 0.1) is 0 Å². The van der Waals surface area contributed by atoms with Crippen LogP contribution < -0.4 is 0 Å². The smallest absolute Gasteiger partial charge is 0.323 e. The molecule has 0 N–H and O–H groups in total. The molecule has 0 aromatic heterocycles. The minimum atomic E-state index is -0.474. The van der Waals surface area contributed by atoms with Gasteiger partial charge in [0.1, 0.15) is 11.6 Å². The molecule has 1 atom stereocenters. The Kier molecular flexibility index (Phi) is 73.4. The first kappa shape index (κ1) is 89.5. The molecular weight excluding hydrogens is 1220 g/mol. The van der Waals surface area contributed by atoms with Crippen LogP contribution >= 0.6 is 0 Å². The van der Waals surface area contributed by atoms with Gasteiger partial charge in [-0.25, -0.2) is 0 Å². The first-order valence-electron chi connectivity index (χ1n) is 35.2. The van der Waals surface area contributed by atoms with Crippen molar-refractivity contribution in [2.24, 2.45) is 0 Å². The van der Waals surface area contributed by atoms with Crippen LogP contribution in [0.15, 0.2) is 0 Å². The topological polar surface area (TPSA) is 242 Å². The van der Waals surface area contributed by atoms with Gasteiger partial charge in [-0.05, 0) is 46.6 Å². The Bertz CT molecular complexity index is 1430. The molecule has 0 spiro atoms. The molecule has 0 saturated carbocycles. The van der Waals surface area contributed by atoms with E-state index in [0.29, 0.717) is 304 Å². The van der Waals surface area contributed by atoms with Crippen LogP contribution in [-0.4, -0.2) is 340 Å². The first-order chi connectivity index (χ1) is 45.9. The second-order valence-electron chi connectivity index (χ2n) is 22.5. The summed E-state index contributed by atoms with van der Waals surface area (Å²) in [4.78, 5) is 14.6. The van der Waals surface area contributed by atoms with Gasteiger partial charge in [-0.15, -0.1) is 0 Å². The van der Waals surface area contributed by atoms with Gasteiger partial charge in [-0.1, -0.05) is 64.7 Å². The molecular formula is C67H133NO25. The summed E-state index contributed by atoms with van der Waals surface area (Å²) in [7, 11) is 0. The number of carbonyl (C=O) groups excluding carboxylic acids is 1. The molecule has 1 heterocycles. The van der Waals surface area contributed by atoms with Crippen LogP contribution in [0.25, 0.3) is 0 Å². The van der Waals surface area contributed by atoms with Crippen molar-refractivity contribution in [3.8, 4) is 0 Å². The number of carbonyl (C=O) groups is 1. The van der Waals surface area contributed by atoms with Gasteiger partial charge in [0, 0.05) is 13.2 Å². The van der Waals surface area contributed by atoms with E-state index in [4.69, 9.17) is 114 Å². The highest BCUT2D eigenvalue weighted by Crippen LogP contribution is 2.21. The van der Waals surface area contributed by atoms with Crippen molar-refractivity contribution in [2.45, 2.75) is 116 Å². The van der Waals surface area contributed by atoms with E-state index in [1.807, 2.05) is 20.8 Å². The maximum absolute atomic E-state index is 12.5. The molecule has 1 rings (SSSR count). The van der Waals surface area contributed by atoms with Crippen molar-refractivity contribution in [1.82, 2.24) is 4.90 Å². The van der Waals surface area contributed by atoms with E-state index in [1.165, 1.54) is 57.8 Å². The van der Waals surface area contributed by atoms with Gasteiger partial charge >= 0.3 is 5.97 Å². The molecule has 0 aromatic carbocycles. The summed E-state index contributed by atoms with van der Waals surface area (Å²) in [5.41, 5.74) is -0.474. The lowest BCUT2D eigenvalue weighted by molar-refractivity contribution is -0.160. The normalized spacial score (nSPS) is 13.8. The molecule has 0 aliphatic carbocycles. The number of unbranched alkanes of at least 4 members (excludes halogenated alkanes) is 9. The molecule has 1 fully saturated rings. The van der Waals surface area contributed by atoms with Gasteiger partial charge in [0.25, 0.3) is 0 Å². The van der Waals surface area contributed by atoms with E-state index in [0.717, 1.165) is 32.4 Å². The summed E-state index contributed by atoms with van der Waals surface area (Å²) in [6.07, 6.45) is 15.2. The van der Waals surface area contributed by atoms with E-state index < -0.39 is 5.60 Å². The van der Waals surface area contributed by atoms with Crippen molar-refractivity contribution < 1.29 is 118 Å². The Balaban J connectivity index is 1.60. The van der Waals surface area contributed by atoms with Gasteiger partial charge in [0.15, 0.2) is 0 Å². The zero-order valence-corrected chi connectivity index (χ0v) is 58.7. The second kappa shape index (κ2) is 76.3. The maximum Gasteiger partial charge on any atom is 0.323 e. The molecule has 1 unspecified atom stereocenters. The van der Waals surface area contributed by atoms with Crippen LogP contribution in [0.1, 0.15) is 105 Å². The highest BCUT2D eigenvalue weighted by molar-refractivity contribution is 5.76. The average Bonchev–Trinajstić information content (AvgIpc) is 2.42. The van der Waals surface area contributed by atoms with E-state index in [2.05, 4.69) is 11.8 Å². The van der Waals surface area contributed by atoms with Crippen LogP contribution in [0.5, 0.6) is 0 Å². The molecule has 93 heavy (non-hydrogen) atoms. The third kappa shape index (κ3) is 73.1. The van der Waals surface area contributed by atoms with E-state index in [1.54, 1.807) is 0 Å². The lowest BCUT2D eigenvalue weighted by Gasteiger charge is -2.27. The minimum absolute atomic E-state index is 0.145. The van der Waals surface area contributed by atoms with Crippen molar-refractivity contribution in [3.05, 3.63) is 0 Å². The predicted octanol–water partition coefficient (Wildman–Crippen LogP) is 6.10. The fourth-order valence-corrected chi connectivity index (χ4v) is 8.54. The molecule has 1 aliphatic rings. The van der Waals surface area contributed by atoms with Gasteiger partial charge < -0.3 is 114 Å². The van der Waals surface area contributed by atoms with Gasteiger partial charge in [0.05, 0.1) is 297 Å². The minimum Gasteiger partial charge on any atom is -0.459 e. The number of nitrogens with zero attached hydrogens (tertiary/aromatic N) is 1. The summed E-state index contributed by atoms with van der Waals surface area (Å²) in [5, 5.41) is 0. The Morgan fingerprint density at radius 3 is 0.656 bits per heavy atom. The van der Waals surface area contributed by atoms with Crippen LogP contribution in [-0.2, 0) is 118 Å². The maximum atomic E-state index is 12.5. The molecule has 0 bridgehead atoms. The number of likely N-dealkylation sites (tertiary alicyclic amines) is 1. The molecule has 26 heteroatoms.